The summed E-state index contributed by atoms with van der Waals surface area (Å²) in [6.45, 7) is 13.6. The highest BCUT2D eigenvalue weighted by Crippen LogP contribution is 2.20. The molecule has 0 bridgehead atoms. The van der Waals surface area contributed by atoms with E-state index in [0.29, 0.717) is 12.1 Å². The van der Waals surface area contributed by atoms with Crippen molar-refractivity contribution >= 4 is 5.91 Å². The molecule has 2 saturated heterocycles. The Bertz CT molecular complexity index is 344. The molecule has 2 aliphatic rings. The molecule has 1 unspecified atom stereocenters. The van der Waals surface area contributed by atoms with Crippen LogP contribution in [-0.4, -0.2) is 82.7 Å². The fraction of sp³-hybridized carbons (Fsp3) is 0.933. The lowest BCUT2D eigenvalue weighted by atomic mass is 10.1. The highest BCUT2D eigenvalue weighted by atomic mass is 16.3. The Morgan fingerprint density at radius 3 is 2.25 bits per heavy atom. The normalized spacial score (nSPS) is 26.5. The van der Waals surface area contributed by atoms with Crippen molar-refractivity contribution in [3.63, 3.8) is 0 Å². The van der Waals surface area contributed by atoms with Gasteiger partial charge in [0.25, 0.3) is 5.91 Å². The van der Waals surface area contributed by atoms with E-state index in [9.17, 15) is 9.90 Å². The van der Waals surface area contributed by atoms with Crippen LogP contribution in [0.5, 0.6) is 0 Å². The van der Waals surface area contributed by atoms with Crippen LogP contribution in [0, 0.1) is 0 Å². The number of likely N-dealkylation sites (tertiary alicyclic amines) is 1. The Morgan fingerprint density at radius 1 is 1.15 bits per heavy atom. The van der Waals surface area contributed by atoms with Gasteiger partial charge in [0.15, 0.2) is 0 Å². The van der Waals surface area contributed by atoms with Gasteiger partial charge < -0.3 is 10.0 Å². The maximum Gasteiger partial charge on any atom is 0.254 e. The van der Waals surface area contributed by atoms with Crippen molar-refractivity contribution in [2.75, 3.05) is 39.3 Å². The van der Waals surface area contributed by atoms with E-state index in [2.05, 4.69) is 23.6 Å². The van der Waals surface area contributed by atoms with Gasteiger partial charge in [-0.2, -0.15) is 0 Å². The molecule has 5 heteroatoms. The standard InChI is InChI=1S/C15H29N3O2/c1-12(2)16-7-9-17(10-8-16)13-5-6-18(11-13)14(19)15(3,4)20/h12-13,20H,5-11H2,1-4H3. The van der Waals surface area contributed by atoms with Crippen molar-refractivity contribution in [3.8, 4) is 0 Å². The van der Waals surface area contributed by atoms with E-state index >= 15 is 0 Å². The van der Waals surface area contributed by atoms with Crippen LogP contribution in [0.15, 0.2) is 0 Å². The summed E-state index contributed by atoms with van der Waals surface area (Å²) in [5.41, 5.74) is -1.24. The van der Waals surface area contributed by atoms with Crippen LogP contribution in [0.1, 0.15) is 34.1 Å². The van der Waals surface area contributed by atoms with Crippen LogP contribution >= 0.6 is 0 Å². The lowest BCUT2D eigenvalue weighted by Crippen LogP contribution is -2.53. The zero-order valence-corrected chi connectivity index (χ0v) is 13.3. The first-order valence-electron chi connectivity index (χ1n) is 7.79. The van der Waals surface area contributed by atoms with Gasteiger partial charge in [-0.05, 0) is 34.1 Å². The summed E-state index contributed by atoms with van der Waals surface area (Å²) in [4.78, 5) is 18.9. The van der Waals surface area contributed by atoms with E-state index < -0.39 is 5.60 Å². The molecular formula is C15H29N3O2. The van der Waals surface area contributed by atoms with Crippen molar-refractivity contribution < 1.29 is 9.90 Å². The molecule has 0 saturated carbocycles. The Balaban J connectivity index is 1.84. The summed E-state index contributed by atoms with van der Waals surface area (Å²) in [6, 6.07) is 1.09. The summed E-state index contributed by atoms with van der Waals surface area (Å²) >= 11 is 0. The van der Waals surface area contributed by atoms with Gasteiger partial charge in [-0.1, -0.05) is 0 Å². The summed E-state index contributed by atoms with van der Waals surface area (Å²) in [6.07, 6.45) is 1.03. The summed E-state index contributed by atoms with van der Waals surface area (Å²) in [5, 5.41) is 9.83. The first-order chi connectivity index (χ1) is 9.29. The molecule has 20 heavy (non-hydrogen) atoms. The van der Waals surface area contributed by atoms with Gasteiger partial charge in [0.2, 0.25) is 0 Å². The molecule has 0 aliphatic carbocycles. The number of rotatable bonds is 3. The van der Waals surface area contributed by atoms with Crippen LogP contribution in [-0.2, 0) is 4.79 Å². The Labute approximate surface area is 122 Å². The largest absolute Gasteiger partial charge is 0.381 e. The highest BCUT2D eigenvalue weighted by molar-refractivity contribution is 5.84. The third-order valence-corrected chi connectivity index (χ3v) is 4.57. The molecule has 116 valence electrons. The Morgan fingerprint density at radius 2 is 1.75 bits per heavy atom. The molecule has 0 radical (unpaired) electrons. The van der Waals surface area contributed by atoms with Gasteiger partial charge in [0.1, 0.15) is 5.60 Å². The molecule has 2 fully saturated rings. The third kappa shape index (κ3) is 3.51. The zero-order valence-electron chi connectivity index (χ0n) is 13.3. The van der Waals surface area contributed by atoms with Gasteiger partial charge in [-0.15, -0.1) is 0 Å². The first-order valence-corrected chi connectivity index (χ1v) is 7.79. The number of carbonyl (C=O) groups is 1. The average molecular weight is 283 g/mol. The van der Waals surface area contributed by atoms with E-state index in [1.165, 1.54) is 0 Å². The second-order valence-corrected chi connectivity index (χ2v) is 6.92. The van der Waals surface area contributed by atoms with E-state index in [1.54, 1.807) is 13.8 Å². The minimum absolute atomic E-state index is 0.138. The molecule has 2 aliphatic heterocycles. The fourth-order valence-corrected chi connectivity index (χ4v) is 3.23. The van der Waals surface area contributed by atoms with E-state index in [-0.39, 0.29) is 5.91 Å². The molecule has 2 rings (SSSR count). The topological polar surface area (TPSA) is 47.0 Å². The van der Waals surface area contributed by atoms with Crippen molar-refractivity contribution in [2.45, 2.75) is 51.8 Å². The van der Waals surface area contributed by atoms with E-state index in [1.807, 2.05) is 4.90 Å². The van der Waals surface area contributed by atoms with Gasteiger partial charge in [-0.3, -0.25) is 14.6 Å². The van der Waals surface area contributed by atoms with Crippen molar-refractivity contribution in [1.29, 1.82) is 0 Å². The summed E-state index contributed by atoms with van der Waals surface area (Å²) in [7, 11) is 0. The predicted molar refractivity (Wildman–Crippen MR) is 79.6 cm³/mol. The number of hydrogen-bond acceptors (Lipinski definition) is 4. The second-order valence-electron chi connectivity index (χ2n) is 6.92. The molecule has 0 aromatic carbocycles. The van der Waals surface area contributed by atoms with Gasteiger partial charge in [0, 0.05) is 51.4 Å². The second kappa shape index (κ2) is 6.00. The summed E-state index contributed by atoms with van der Waals surface area (Å²) < 4.78 is 0. The lowest BCUT2D eigenvalue weighted by molar-refractivity contribution is -0.146. The molecule has 0 aromatic heterocycles. The quantitative estimate of drug-likeness (QED) is 0.814. The van der Waals surface area contributed by atoms with E-state index in [0.717, 1.165) is 45.7 Å². The molecule has 1 amide bonds. The van der Waals surface area contributed by atoms with Crippen LogP contribution in [0.25, 0.3) is 0 Å². The Hall–Kier alpha value is -0.650. The minimum atomic E-state index is -1.24. The number of piperazine rings is 1. The van der Waals surface area contributed by atoms with Crippen LogP contribution in [0.3, 0.4) is 0 Å². The average Bonchev–Trinajstić information content (AvgIpc) is 2.86. The molecular weight excluding hydrogens is 254 g/mol. The number of aliphatic hydroxyl groups is 1. The summed E-state index contributed by atoms with van der Waals surface area (Å²) in [5.74, 6) is -0.138. The van der Waals surface area contributed by atoms with Crippen molar-refractivity contribution in [1.82, 2.24) is 14.7 Å². The van der Waals surface area contributed by atoms with Gasteiger partial charge in [-0.25, -0.2) is 0 Å². The van der Waals surface area contributed by atoms with Crippen LogP contribution < -0.4 is 0 Å². The fourth-order valence-electron chi connectivity index (χ4n) is 3.23. The van der Waals surface area contributed by atoms with Gasteiger partial charge in [0.05, 0.1) is 0 Å². The first kappa shape index (κ1) is 15.7. The minimum Gasteiger partial charge on any atom is -0.381 e. The molecule has 0 spiro atoms. The number of nitrogens with zero attached hydrogens (tertiary/aromatic N) is 3. The van der Waals surface area contributed by atoms with E-state index in [4.69, 9.17) is 0 Å². The van der Waals surface area contributed by atoms with Gasteiger partial charge >= 0.3 is 0 Å². The van der Waals surface area contributed by atoms with Crippen LogP contribution in [0.4, 0.5) is 0 Å². The van der Waals surface area contributed by atoms with Crippen LogP contribution in [0.2, 0.25) is 0 Å². The maximum absolute atomic E-state index is 12.1. The van der Waals surface area contributed by atoms with Crippen molar-refractivity contribution in [2.24, 2.45) is 0 Å². The van der Waals surface area contributed by atoms with Crippen molar-refractivity contribution in [3.05, 3.63) is 0 Å². The number of carbonyl (C=O) groups excluding carboxylic acids is 1. The SMILES string of the molecule is CC(C)N1CCN(C2CCN(C(=O)C(C)(C)O)C2)CC1. The maximum atomic E-state index is 12.1. The highest BCUT2D eigenvalue weighted by Gasteiger charge is 2.36. The lowest BCUT2D eigenvalue weighted by Gasteiger charge is -2.39. The number of hydrogen-bond donors (Lipinski definition) is 1. The Kier molecular flexibility index (Phi) is 4.72. The number of amides is 1. The molecule has 1 atom stereocenters. The predicted octanol–water partition coefficient (Wildman–Crippen LogP) is 0.384. The molecule has 0 aromatic rings. The molecule has 2 heterocycles. The molecule has 5 nitrogen and oxygen atoms in total. The monoisotopic (exact) mass is 283 g/mol. The zero-order chi connectivity index (χ0) is 14.9. The smallest absolute Gasteiger partial charge is 0.254 e. The third-order valence-electron chi connectivity index (χ3n) is 4.57. The molecule has 1 N–H and O–H groups in total.